The van der Waals surface area contributed by atoms with E-state index in [1.165, 1.54) is 18.3 Å². The molecule has 0 aliphatic carbocycles. The fourth-order valence-electron chi connectivity index (χ4n) is 2.06. The number of hydrogen-bond acceptors (Lipinski definition) is 6. The molecule has 1 amide bonds. The number of amides is 1. The van der Waals surface area contributed by atoms with Crippen LogP contribution < -0.4 is 5.32 Å². The van der Waals surface area contributed by atoms with E-state index >= 15 is 0 Å². The molecular weight excluding hydrogens is 312 g/mol. The minimum atomic E-state index is -0.203. The highest BCUT2D eigenvalue weighted by Gasteiger charge is 2.13. The first-order chi connectivity index (χ1) is 11.2. The van der Waals surface area contributed by atoms with Crippen molar-refractivity contribution in [3.05, 3.63) is 52.9 Å². The summed E-state index contributed by atoms with van der Waals surface area (Å²) in [6.07, 6.45) is 1.59. The molecule has 0 radical (unpaired) electrons. The van der Waals surface area contributed by atoms with Gasteiger partial charge in [-0.2, -0.15) is 0 Å². The largest absolute Gasteiger partial charge is 0.309 e. The number of benzene rings is 1. The van der Waals surface area contributed by atoms with Crippen LogP contribution in [0.2, 0.25) is 0 Å². The quantitative estimate of drug-likeness (QED) is 0.728. The van der Waals surface area contributed by atoms with E-state index in [1.807, 2.05) is 17.5 Å². The molecule has 3 aromatic rings. The highest BCUT2D eigenvalue weighted by molar-refractivity contribution is 7.13. The van der Waals surface area contributed by atoms with Crippen molar-refractivity contribution < 1.29 is 4.79 Å². The van der Waals surface area contributed by atoms with Gasteiger partial charge in [0.1, 0.15) is 11.4 Å². The van der Waals surface area contributed by atoms with Gasteiger partial charge in [-0.15, -0.1) is 16.2 Å². The molecule has 23 heavy (non-hydrogen) atoms. The molecule has 2 aromatic heterocycles. The monoisotopic (exact) mass is 324 g/mol. The summed E-state index contributed by atoms with van der Waals surface area (Å²) in [6.45, 7) is 1.43. The number of nitrogens with one attached hydrogen (secondary N) is 1. The third-order valence-corrected chi connectivity index (χ3v) is 3.97. The van der Waals surface area contributed by atoms with E-state index in [2.05, 4.69) is 20.5 Å². The summed E-state index contributed by atoms with van der Waals surface area (Å²) >= 11 is 1.52. The number of nitrogens with zero attached hydrogens (tertiary/aromatic N) is 3. The summed E-state index contributed by atoms with van der Waals surface area (Å²) in [4.78, 5) is 31.7. The number of anilines is 1. The van der Waals surface area contributed by atoms with Gasteiger partial charge in [0, 0.05) is 12.5 Å². The Morgan fingerprint density at radius 2 is 2.00 bits per heavy atom. The smallest absolute Gasteiger partial charge is 0.222 e. The first kappa shape index (κ1) is 15.0. The number of rotatable bonds is 4. The minimum absolute atomic E-state index is 0.203. The molecule has 6 nitrogen and oxygen atoms in total. The van der Waals surface area contributed by atoms with Crippen LogP contribution in [0.25, 0.3) is 21.8 Å². The van der Waals surface area contributed by atoms with Gasteiger partial charge in [0.2, 0.25) is 5.91 Å². The molecule has 3 rings (SSSR count). The van der Waals surface area contributed by atoms with E-state index in [0.29, 0.717) is 22.9 Å². The highest BCUT2D eigenvalue weighted by Crippen LogP contribution is 2.31. The molecule has 0 aliphatic heterocycles. The van der Waals surface area contributed by atoms with E-state index in [0.717, 1.165) is 10.4 Å². The summed E-state index contributed by atoms with van der Waals surface area (Å²) in [5, 5.41) is 7.51. The summed E-state index contributed by atoms with van der Waals surface area (Å²) in [5.74, 6) is 0.223. The summed E-state index contributed by atoms with van der Waals surface area (Å²) in [6, 6.07) is 10.6. The van der Waals surface area contributed by atoms with Crippen LogP contribution in [0.15, 0.2) is 53.2 Å². The first-order valence-electron chi connectivity index (χ1n) is 6.79. The summed E-state index contributed by atoms with van der Waals surface area (Å²) in [7, 11) is 0. The summed E-state index contributed by atoms with van der Waals surface area (Å²) in [5.41, 5.74) is 2.44. The van der Waals surface area contributed by atoms with Crippen molar-refractivity contribution >= 4 is 28.7 Å². The molecule has 1 N–H and O–H groups in total. The molecule has 0 atom stereocenters. The second-order valence-electron chi connectivity index (χ2n) is 4.75. The normalized spacial score (nSPS) is 10.3. The maximum atomic E-state index is 11.3. The van der Waals surface area contributed by atoms with Crippen molar-refractivity contribution in [2.24, 2.45) is 5.18 Å². The van der Waals surface area contributed by atoms with E-state index in [4.69, 9.17) is 0 Å². The fourth-order valence-corrected chi connectivity index (χ4v) is 2.78. The van der Waals surface area contributed by atoms with Gasteiger partial charge in [-0.1, -0.05) is 18.2 Å². The van der Waals surface area contributed by atoms with Crippen molar-refractivity contribution in [2.75, 3.05) is 5.32 Å². The lowest BCUT2D eigenvalue weighted by Gasteiger charge is -2.09. The Morgan fingerprint density at radius 3 is 2.61 bits per heavy atom. The van der Waals surface area contributed by atoms with Crippen molar-refractivity contribution in [1.82, 2.24) is 9.97 Å². The van der Waals surface area contributed by atoms with Gasteiger partial charge in [-0.05, 0) is 28.8 Å². The molecular formula is C16H12N4O2S. The average Bonchev–Trinajstić information content (AvgIpc) is 3.09. The molecule has 0 aliphatic rings. The third-order valence-electron chi connectivity index (χ3n) is 3.09. The van der Waals surface area contributed by atoms with E-state index in [1.54, 1.807) is 30.5 Å². The molecule has 0 unspecified atom stereocenters. The van der Waals surface area contributed by atoms with Gasteiger partial charge in [0.25, 0.3) is 0 Å². The predicted molar refractivity (Wildman–Crippen MR) is 90.5 cm³/mol. The molecule has 0 bridgehead atoms. The molecule has 0 fully saturated rings. The Hall–Kier alpha value is -2.93. The van der Waals surface area contributed by atoms with Crippen LogP contribution in [0.3, 0.4) is 0 Å². The van der Waals surface area contributed by atoms with Crippen molar-refractivity contribution in [3.63, 3.8) is 0 Å². The van der Waals surface area contributed by atoms with Crippen LogP contribution in [0.4, 0.5) is 11.5 Å². The second kappa shape index (κ2) is 6.45. The Bertz CT molecular complexity index is 845. The molecule has 0 saturated heterocycles. The maximum absolute atomic E-state index is 11.3. The van der Waals surface area contributed by atoms with E-state index < -0.39 is 0 Å². The Balaban J connectivity index is 2.07. The highest BCUT2D eigenvalue weighted by atomic mass is 32.1. The zero-order valence-electron chi connectivity index (χ0n) is 12.2. The second-order valence-corrected chi connectivity index (χ2v) is 5.70. The van der Waals surface area contributed by atoms with Crippen molar-refractivity contribution in [1.29, 1.82) is 0 Å². The molecule has 0 saturated carbocycles. The minimum Gasteiger partial charge on any atom is -0.309 e. The number of thiophene rings is 1. The molecule has 114 valence electrons. The number of hydrogen-bond donors (Lipinski definition) is 1. The van der Waals surface area contributed by atoms with E-state index in [-0.39, 0.29) is 5.91 Å². The lowest BCUT2D eigenvalue weighted by atomic mass is 10.1. The topological polar surface area (TPSA) is 84.3 Å². The summed E-state index contributed by atoms with van der Waals surface area (Å²) < 4.78 is 0. The molecule has 7 heteroatoms. The Kier molecular flexibility index (Phi) is 4.20. The molecule has 1 aromatic carbocycles. The predicted octanol–water partition coefficient (Wildman–Crippen LogP) is 4.23. The number of carbonyl (C=O) groups is 1. The number of aromatic nitrogens is 2. The lowest BCUT2D eigenvalue weighted by molar-refractivity contribution is -0.114. The third kappa shape index (κ3) is 3.29. The standard InChI is InChI=1S/C16H12N4O2S/c1-10(21)18-16-15(14-3-2-8-23-14)19-13(9-17-16)11-4-6-12(20-22)7-5-11/h2-9H,1H3,(H,17,18,21). The van der Waals surface area contributed by atoms with Gasteiger partial charge in [0.15, 0.2) is 5.82 Å². The lowest BCUT2D eigenvalue weighted by Crippen LogP contribution is -2.09. The fraction of sp³-hybridized carbons (Fsp3) is 0.0625. The molecule has 0 spiro atoms. The van der Waals surface area contributed by atoms with Crippen LogP contribution in [0.5, 0.6) is 0 Å². The van der Waals surface area contributed by atoms with Crippen molar-refractivity contribution in [2.45, 2.75) is 6.92 Å². The molecule has 2 heterocycles. The maximum Gasteiger partial charge on any atom is 0.222 e. The Labute approximate surface area is 136 Å². The van der Waals surface area contributed by atoms with Crippen molar-refractivity contribution in [3.8, 4) is 21.8 Å². The Morgan fingerprint density at radius 1 is 1.22 bits per heavy atom. The first-order valence-corrected chi connectivity index (χ1v) is 7.67. The van der Waals surface area contributed by atoms with Gasteiger partial charge in [-0.3, -0.25) is 4.79 Å². The van der Waals surface area contributed by atoms with Gasteiger partial charge < -0.3 is 5.32 Å². The van der Waals surface area contributed by atoms with E-state index in [9.17, 15) is 9.70 Å². The van der Waals surface area contributed by atoms with Crippen LogP contribution in [-0.2, 0) is 4.79 Å². The van der Waals surface area contributed by atoms with Crippen LogP contribution in [0.1, 0.15) is 6.92 Å². The zero-order chi connectivity index (χ0) is 16.2. The number of carbonyl (C=O) groups excluding carboxylic acids is 1. The number of nitroso groups, excluding NO2 is 1. The van der Waals surface area contributed by atoms with Gasteiger partial charge >= 0.3 is 0 Å². The SMILES string of the molecule is CC(=O)Nc1ncc(-c2ccc(N=O)cc2)nc1-c1cccs1. The van der Waals surface area contributed by atoms with Gasteiger partial charge in [0.05, 0.1) is 16.8 Å². The van der Waals surface area contributed by atoms with Crippen LogP contribution in [-0.4, -0.2) is 15.9 Å². The zero-order valence-corrected chi connectivity index (χ0v) is 13.0. The average molecular weight is 324 g/mol. The van der Waals surface area contributed by atoms with Crippen LogP contribution in [0, 0.1) is 4.91 Å². The van der Waals surface area contributed by atoms with Crippen LogP contribution >= 0.6 is 11.3 Å². The van der Waals surface area contributed by atoms with Gasteiger partial charge in [-0.25, -0.2) is 9.97 Å².